The summed E-state index contributed by atoms with van der Waals surface area (Å²) >= 11 is 0. The number of rotatable bonds is 9. The Morgan fingerprint density at radius 2 is 1.90 bits per heavy atom. The van der Waals surface area contributed by atoms with Gasteiger partial charge in [0.25, 0.3) is 0 Å². The van der Waals surface area contributed by atoms with Crippen molar-refractivity contribution in [3.63, 3.8) is 0 Å². The van der Waals surface area contributed by atoms with Crippen LogP contribution in [0.2, 0.25) is 0 Å². The molecule has 1 fully saturated rings. The number of methoxy groups -OCH3 is 1. The molecule has 12 heteroatoms. The van der Waals surface area contributed by atoms with Crippen molar-refractivity contribution in [2.24, 2.45) is 5.92 Å². The molecular formula is C29H31F2N5O4S. The number of fused-ring (bicyclic) bond motifs is 1. The molecule has 0 radical (unpaired) electrons. The van der Waals surface area contributed by atoms with Crippen LogP contribution in [-0.4, -0.2) is 59.0 Å². The van der Waals surface area contributed by atoms with Crippen molar-refractivity contribution in [3.8, 4) is 22.8 Å². The molecular weight excluding hydrogens is 552 g/mol. The van der Waals surface area contributed by atoms with Crippen LogP contribution in [0.5, 0.6) is 11.6 Å². The molecule has 1 aliphatic rings. The predicted molar refractivity (Wildman–Crippen MR) is 156 cm³/mol. The van der Waals surface area contributed by atoms with Crippen LogP contribution >= 0.6 is 0 Å². The zero-order valence-electron chi connectivity index (χ0n) is 23.0. The number of anilines is 2. The summed E-state index contributed by atoms with van der Waals surface area (Å²) in [7, 11) is -0.275. The number of halogens is 2. The van der Waals surface area contributed by atoms with Gasteiger partial charge in [0.1, 0.15) is 28.6 Å². The molecule has 1 atom stereocenters. The fourth-order valence-electron chi connectivity index (χ4n) is 4.68. The molecule has 41 heavy (non-hydrogen) atoms. The van der Waals surface area contributed by atoms with Crippen molar-refractivity contribution in [3.05, 3.63) is 59.9 Å². The van der Waals surface area contributed by atoms with Gasteiger partial charge in [0.15, 0.2) is 0 Å². The van der Waals surface area contributed by atoms with Gasteiger partial charge >= 0.3 is 0 Å². The maximum atomic E-state index is 14.5. The average Bonchev–Trinajstić information content (AvgIpc) is 2.96. The number of hydrogen-bond donors (Lipinski definition) is 2. The maximum absolute atomic E-state index is 14.5. The normalized spacial score (nSPS) is 15.3. The Kier molecular flexibility index (Phi) is 8.22. The quantitative estimate of drug-likeness (QED) is 0.258. The second-order valence-corrected chi connectivity index (χ2v) is 11.7. The van der Waals surface area contributed by atoms with Crippen LogP contribution in [0.3, 0.4) is 0 Å². The van der Waals surface area contributed by atoms with Crippen molar-refractivity contribution in [2.45, 2.75) is 24.7 Å². The van der Waals surface area contributed by atoms with Gasteiger partial charge in [0, 0.05) is 43.5 Å². The van der Waals surface area contributed by atoms with E-state index in [1.807, 2.05) is 19.1 Å². The number of aryl methyl sites for hydroxylation is 1. The molecule has 0 bridgehead atoms. The summed E-state index contributed by atoms with van der Waals surface area (Å²) in [5.41, 5.74) is 3.02. The number of pyridine rings is 1. The molecule has 0 spiro atoms. The maximum Gasteiger partial charge on any atom is 0.238 e. The van der Waals surface area contributed by atoms with E-state index in [1.165, 1.54) is 7.11 Å². The average molecular weight is 584 g/mol. The zero-order valence-corrected chi connectivity index (χ0v) is 23.8. The fraction of sp³-hybridized carbons (Fsp3) is 0.310. The van der Waals surface area contributed by atoms with Gasteiger partial charge in [-0.25, -0.2) is 27.9 Å². The topological polar surface area (TPSA) is 107 Å². The highest BCUT2D eigenvalue weighted by atomic mass is 32.2. The van der Waals surface area contributed by atoms with E-state index in [4.69, 9.17) is 14.2 Å². The summed E-state index contributed by atoms with van der Waals surface area (Å²) in [5.74, 6) is 3.48. The van der Waals surface area contributed by atoms with Crippen LogP contribution in [0.15, 0.2) is 47.5 Å². The molecule has 0 amide bonds. The van der Waals surface area contributed by atoms with E-state index >= 15 is 0 Å². The third-order valence-corrected chi connectivity index (χ3v) is 8.49. The highest BCUT2D eigenvalue weighted by molar-refractivity contribution is 8.01. The lowest BCUT2D eigenvalue weighted by atomic mass is 10.0. The number of nitrogens with zero attached hydrogens (tertiary/aromatic N) is 3. The smallest absolute Gasteiger partial charge is 0.238 e. The number of benzene rings is 2. The van der Waals surface area contributed by atoms with E-state index < -0.39 is 21.3 Å². The van der Waals surface area contributed by atoms with Crippen molar-refractivity contribution < 1.29 is 27.2 Å². The minimum atomic E-state index is -3.44. The molecule has 9 nitrogen and oxygen atoms in total. The SMILES string of the molecule is C=S(=O)(Nc1cc(-c2cc(OCC3CCOCC3)c3nc(NC)nc(C)c3c2)cnc1OC)c1ccc(F)cc1F. The molecule has 4 aromatic rings. The lowest BCUT2D eigenvalue weighted by molar-refractivity contribution is 0.0500. The third kappa shape index (κ3) is 6.18. The number of nitrogens with one attached hydrogen (secondary N) is 2. The van der Waals surface area contributed by atoms with E-state index in [2.05, 4.69) is 30.9 Å². The largest absolute Gasteiger partial charge is 0.491 e. The van der Waals surface area contributed by atoms with Gasteiger partial charge in [-0.3, -0.25) is 0 Å². The molecule has 1 aliphatic heterocycles. The standard InChI is InChI=1S/C29H31F2N5O4S/c1-17-22-11-19(13-25(27(22)35-29(32-2)34-17)40-16-18-7-9-39-10-8-18)20-12-24(28(38-3)33-15-20)36-41(4,37)26-6-5-21(30)14-23(26)31/h5-6,11-15,18H,4,7-10,16H2,1-3H3,(H,36,37)(H,32,34,35). The van der Waals surface area contributed by atoms with Gasteiger partial charge in [-0.15, -0.1) is 0 Å². The molecule has 0 saturated carbocycles. The van der Waals surface area contributed by atoms with Crippen molar-refractivity contribution in [1.29, 1.82) is 0 Å². The first kappa shape index (κ1) is 28.5. The molecule has 5 rings (SSSR count). The Morgan fingerprint density at radius 3 is 2.61 bits per heavy atom. The molecule has 1 unspecified atom stereocenters. The van der Waals surface area contributed by atoms with E-state index in [0.717, 1.165) is 41.6 Å². The minimum Gasteiger partial charge on any atom is -0.491 e. The number of aromatic nitrogens is 3. The van der Waals surface area contributed by atoms with Crippen molar-refractivity contribution in [1.82, 2.24) is 15.0 Å². The Labute approximate surface area is 237 Å². The Bertz CT molecular complexity index is 1690. The fourth-order valence-corrected chi connectivity index (χ4v) is 5.95. The molecule has 2 aromatic heterocycles. The number of hydrogen-bond acceptors (Lipinski definition) is 8. The van der Waals surface area contributed by atoms with Gasteiger partial charge in [-0.2, -0.15) is 0 Å². The van der Waals surface area contributed by atoms with E-state index in [9.17, 15) is 13.0 Å². The summed E-state index contributed by atoms with van der Waals surface area (Å²) in [6.07, 6.45) is 3.45. The van der Waals surface area contributed by atoms with E-state index in [1.54, 1.807) is 19.3 Å². The third-order valence-electron chi connectivity index (χ3n) is 6.90. The summed E-state index contributed by atoms with van der Waals surface area (Å²) < 4.78 is 61.4. The van der Waals surface area contributed by atoms with Gasteiger partial charge < -0.3 is 24.2 Å². The molecule has 2 aromatic carbocycles. The van der Waals surface area contributed by atoms with Crippen LogP contribution in [0.4, 0.5) is 20.4 Å². The molecule has 216 valence electrons. The Morgan fingerprint density at radius 1 is 1.12 bits per heavy atom. The van der Waals surface area contributed by atoms with Crippen LogP contribution in [0.1, 0.15) is 18.5 Å². The monoisotopic (exact) mass is 583 g/mol. The highest BCUT2D eigenvalue weighted by Gasteiger charge is 2.20. The molecule has 1 saturated heterocycles. The second kappa shape index (κ2) is 11.8. The summed E-state index contributed by atoms with van der Waals surface area (Å²) in [6, 6.07) is 8.28. The molecule has 0 aliphatic carbocycles. The number of ether oxygens (including phenoxy) is 3. The lowest BCUT2D eigenvalue weighted by Gasteiger charge is -2.23. The first-order valence-electron chi connectivity index (χ1n) is 13.0. The minimum absolute atomic E-state index is 0.127. The van der Waals surface area contributed by atoms with Crippen LogP contribution in [0, 0.1) is 24.5 Å². The molecule has 2 N–H and O–H groups in total. The second-order valence-electron chi connectivity index (χ2n) is 9.75. The zero-order chi connectivity index (χ0) is 29.1. The van der Waals surface area contributed by atoms with Gasteiger partial charge in [-0.05, 0) is 67.4 Å². The first-order valence-corrected chi connectivity index (χ1v) is 14.8. The van der Waals surface area contributed by atoms with Crippen LogP contribution < -0.4 is 19.5 Å². The van der Waals surface area contributed by atoms with Crippen LogP contribution in [-0.2, 0) is 14.4 Å². The highest BCUT2D eigenvalue weighted by Crippen LogP contribution is 2.36. The Hall–Kier alpha value is -4.03. The first-order chi connectivity index (χ1) is 19.7. The van der Waals surface area contributed by atoms with E-state index in [0.29, 0.717) is 54.6 Å². The summed E-state index contributed by atoms with van der Waals surface area (Å²) in [6.45, 7) is 3.83. The summed E-state index contributed by atoms with van der Waals surface area (Å²) in [4.78, 5) is 13.3. The van der Waals surface area contributed by atoms with Crippen molar-refractivity contribution >= 4 is 38.1 Å². The van der Waals surface area contributed by atoms with Crippen LogP contribution in [0.25, 0.3) is 22.0 Å². The lowest BCUT2D eigenvalue weighted by Crippen LogP contribution is -2.21. The predicted octanol–water partition coefficient (Wildman–Crippen LogP) is 5.24. The van der Waals surface area contributed by atoms with Gasteiger partial charge in [-0.1, -0.05) is 0 Å². The van der Waals surface area contributed by atoms with Gasteiger partial charge in [0.05, 0.1) is 34.0 Å². The summed E-state index contributed by atoms with van der Waals surface area (Å²) in [5, 5.41) is 3.79. The Balaban J connectivity index is 1.56. The molecule has 3 heterocycles. The van der Waals surface area contributed by atoms with E-state index in [-0.39, 0.29) is 16.5 Å². The van der Waals surface area contributed by atoms with Crippen molar-refractivity contribution in [2.75, 3.05) is 44.0 Å². The van der Waals surface area contributed by atoms with Gasteiger partial charge in [0.2, 0.25) is 11.8 Å².